The molecular formula is C20H26N4O2. The van der Waals surface area contributed by atoms with Crippen LogP contribution in [0.25, 0.3) is 0 Å². The van der Waals surface area contributed by atoms with E-state index in [2.05, 4.69) is 10.3 Å². The van der Waals surface area contributed by atoms with Crippen LogP contribution in [0.15, 0.2) is 48.7 Å². The highest BCUT2D eigenvalue weighted by Gasteiger charge is 2.28. The van der Waals surface area contributed by atoms with Gasteiger partial charge in [-0.3, -0.25) is 9.59 Å². The van der Waals surface area contributed by atoms with Gasteiger partial charge in [0.25, 0.3) is 0 Å². The number of hydrogen-bond acceptors (Lipinski definition) is 4. The second kappa shape index (κ2) is 9.56. The molecule has 1 aromatic heterocycles. The van der Waals surface area contributed by atoms with Crippen molar-refractivity contribution in [3.05, 3.63) is 59.8 Å². The summed E-state index contributed by atoms with van der Waals surface area (Å²) in [6.45, 7) is 2.22. The number of benzene rings is 1. The summed E-state index contributed by atoms with van der Waals surface area (Å²) in [4.78, 5) is 28.2. The zero-order valence-electron chi connectivity index (χ0n) is 15.0. The molecule has 0 aliphatic carbocycles. The molecule has 2 atom stereocenters. The molecule has 138 valence electrons. The molecule has 1 heterocycles. The molecule has 2 aromatic rings. The summed E-state index contributed by atoms with van der Waals surface area (Å²) in [6, 6.07) is 13.5. The molecule has 0 radical (unpaired) electrons. The average molecular weight is 354 g/mol. The number of amides is 2. The van der Waals surface area contributed by atoms with Crippen molar-refractivity contribution >= 4 is 17.6 Å². The van der Waals surface area contributed by atoms with E-state index in [4.69, 9.17) is 11.5 Å². The average Bonchev–Trinajstić information content (AvgIpc) is 2.62. The van der Waals surface area contributed by atoms with E-state index in [0.29, 0.717) is 31.6 Å². The summed E-state index contributed by atoms with van der Waals surface area (Å²) < 4.78 is 0. The van der Waals surface area contributed by atoms with E-state index in [9.17, 15) is 9.59 Å². The Kier molecular flexibility index (Phi) is 7.14. The molecule has 2 amide bonds. The van der Waals surface area contributed by atoms with Crippen LogP contribution in [-0.4, -0.2) is 23.3 Å². The summed E-state index contributed by atoms with van der Waals surface area (Å²) in [6.07, 6.45) is 3.55. The summed E-state index contributed by atoms with van der Waals surface area (Å²) in [5.74, 6) is -1.11. The number of nitrogens with one attached hydrogen (secondary N) is 1. The van der Waals surface area contributed by atoms with Crippen molar-refractivity contribution in [3.8, 4) is 0 Å². The van der Waals surface area contributed by atoms with E-state index in [-0.39, 0.29) is 5.91 Å². The Morgan fingerprint density at radius 3 is 2.50 bits per heavy atom. The maximum Gasteiger partial charge on any atom is 0.223 e. The molecule has 0 aliphatic heterocycles. The SMILES string of the molecule is C[C@H](C(=O)NCCc1ccnc(N)c1)C(CCc1ccccc1)C(N)=O. The van der Waals surface area contributed by atoms with E-state index in [1.54, 1.807) is 19.2 Å². The van der Waals surface area contributed by atoms with E-state index in [0.717, 1.165) is 11.1 Å². The van der Waals surface area contributed by atoms with Crippen LogP contribution in [0.2, 0.25) is 0 Å². The van der Waals surface area contributed by atoms with Crippen molar-refractivity contribution in [2.24, 2.45) is 17.6 Å². The standard InChI is InChI=1S/C20H26N4O2/c1-14(17(19(22)25)8-7-15-5-3-2-4-6-15)20(26)24-12-10-16-9-11-23-18(21)13-16/h2-6,9,11,13-14,17H,7-8,10,12H2,1H3,(H2,21,23)(H2,22,25)(H,24,26)/t14-,17?/m0/s1. The number of aryl methyl sites for hydroxylation is 1. The lowest BCUT2D eigenvalue weighted by Gasteiger charge is -2.20. The molecule has 0 saturated carbocycles. The van der Waals surface area contributed by atoms with Gasteiger partial charge in [0.05, 0.1) is 0 Å². The minimum atomic E-state index is -0.494. The molecule has 6 nitrogen and oxygen atoms in total. The molecular weight excluding hydrogens is 328 g/mol. The molecule has 0 aliphatic rings. The number of anilines is 1. The molecule has 0 spiro atoms. The highest BCUT2D eigenvalue weighted by molar-refractivity contribution is 5.86. The van der Waals surface area contributed by atoms with Gasteiger partial charge in [0.1, 0.15) is 5.82 Å². The zero-order chi connectivity index (χ0) is 18.9. The predicted octanol–water partition coefficient (Wildman–Crippen LogP) is 1.69. The van der Waals surface area contributed by atoms with Crippen molar-refractivity contribution in [2.45, 2.75) is 26.2 Å². The highest BCUT2D eigenvalue weighted by atomic mass is 16.2. The number of carbonyl (C=O) groups excluding carboxylic acids is 2. The van der Waals surface area contributed by atoms with Gasteiger partial charge < -0.3 is 16.8 Å². The fraction of sp³-hybridized carbons (Fsp3) is 0.350. The number of aromatic nitrogens is 1. The number of hydrogen-bond donors (Lipinski definition) is 3. The number of nitrogens with two attached hydrogens (primary N) is 2. The van der Waals surface area contributed by atoms with Crippen molar-refractivity contribution in [3.63, 3.8) is 0 Å². The largest absolute Gasteiger partial charge is 0.384 e. The van der Waals surface area contributed by atoms with E-state index < -0.39 is 17.7 Å². The Hall–Kier alpha value is -2.89. The summed E-state index contributed by atoms with van der Waals surface area (Å²) in [5, 5.41) is 2.88. The van der Waals surface area contributed by atoms with Crippen LogP contribution in [-0.2, 0) is 22.4 Å². The first-order valence-electron chi connectivity index (χ1n) is 8.78. The van der Waals surface area contributed by atoms with Gasteiger partial charge in [0.2, 0.25) is 11.8 Å². The van der Waals surface area contributed by atoms with Gasteiger partial charge >= 0.3 is 0 Å². The summed E-state index contributed by atoms with van der Waals surface area (Å²) in [7, 11) is 0. The predicted molar refractivity (Wildman–Crippen MR) is 102 cm³/mol. The topological polar surface area (TPSA) is 111 Å². The minimum Gasteiger partial charge on any atom is -0.384 e. The van der Waals surface area contributed by atoms with Crippen molar-refractivity contribution in [1.82, 2.24) is 10.3 Å². The second-order valence-electron chi connectivity index (χ2n) is 6.45. The van der Waals surface area contributed by atoms with Gasteiger partial charge in [-0.05, 0) is 42.5 Å². The Labute approximate surface area is 154 Å². The second-order valence-corrected chi connectivity index (χ2v) is 6.45. The first-order chi connectivity index (χ1) is 12.5. The summed E-state index contributed by atoms with van der Waals surface area (Å²) >= 11 is 0. The molecule has 0 fully saturated rings. The minimum absolute atomic E-state index is 0.163. The maximum absolute atomic E-state index is 12.4. The number of rotatable bonds is 9. The first-order valence-corrected chi connectivity index (χ1v) is 8.78. The highest BCUT2D eigenvalue weighted by Crippen LogP contribution is 2.19. The Morgan fingerprint density at radius 1 is 1.12 bits per heavy atom. The fourth-order valence-electron chi connectivity index (χ4n) is 2.93. The third-order valence-electron chi connectivity index (χ3n) is 4.53. The third kappa shape index (κ3) is 5.88. The smallest absolute Gasteiger partial charge is 0.223 e. The van der Waals surface area contributed by atoms with Gasteiger partial charge in [0, 0.05) is 24.6 Å². The Bertz CT molecular complexity index is 734. The van der Waals surface area contributed by atoms with E-state index in [1.807, 2.05) is 36.4 Å². The van der Waals surface area contributed by atoms with Gasteiger partial charge in [-0.15, -0.1) is 0 Å². The molecule has 6 heteroatoms. The number of nitrogen functional groups attached to an aromatic ring is 1. The fourth-order valence-corrected chi connectivity index (χ4v) is 2.93. The lowest BCUT2D eigenvalue weighted by molar-refractivity contribution is -0.132. The molecule has 1 unspecified atom stereocenters. The van der Waals surface area contributed by atoms with Crippen molar-refractivity contribution < 1.29 is 9.59 Å². The van der Waals surface area contributed by atoms with Crippen LogP contribution >= 0.6 is 0 Å². The van der Waals surface area contributed by atoms with Gasteiger partial charge in [0.15, 0.2) is 0 Å². The van der Waals surface area contributed by atoms with Crippen LogP contribution < -0.4 is 16.8 Å². The molecule has 5 N–H and O–H groups in total. The Morgan fingerprint density at radius 2 is 1.85 bits per heavy atom. The number of nitrogens with zero attached hydrogens (tertiary/aromatic N) is 1. The monoisotopic (exact) mass is 354 g/mol. The van der Waals surface area contributed by atoms with Crippen LogP contribution in [0.1, 0.15) is 24.5 Å². The van der Waals surface area contributed by atoms with Gasteiger partial charge in [-0.2, -0.15) is 0 Å². The zero-order valence-corrected chi connectivity index (χ0v) is 15.0. The van der Waals surface area contributed by atoms with Crippen molar-refractivity contribution in [2.75, 3.05) is 12.3 Å². The van der Waals surface area contributed by atoms with Crippen LogP contribution in [0.5, 0.6) is 0 Å². The van der Waals surface area contributed by atoms with Gasteiger partial charge in [-0.1, -0.05) is 37.3 Å². The number of carbonyl (C=O) groups is 2. The molecule has 26 heavy (non-hydrogen) atoms. The first kappa shape index (κ1) is 19.4. The van der Waals surface area contributed by atoms with Crippen LogP contribution in [0, 0.1) is 11.8 Å². The number of primary amides is 1. The molecule has 2 rings (SSSR count). The van der Waals surface area contributed by atoms with E-state index in [1.165, 1.54) is 0 Å². The van der Waals surface area contributed by atoms with E-state index >= 15 is 0 Å². The molecule has 0 saturated heterocycles. The molecule has 0 bridgehead atoms. The lowest BCUT2D eigenvalue weighted by atomic mass is 9.87. The van der Waals surface area contributed by atoms with Crippen LogP contribution in [0.3, 0.4) is 0 Å². The molecule has 1 aromatic carbocycles. The van der Waals surface area contributed by atoms with Gasteiger partial charge in [-0.25, -0.2) is 4.98 Å². The number of pyridine rings is 1. The van der Waals surface area contributed by atoms with Crippen LogP contribution in [0.4, 0.5) is 5.82 Å². The maximum atomic E-state index is 12.4. The normalized spacial score (nSPS) is 13.0. The van der Waals surface area contributed by atoms with Crippen molar-refractivity contribution in [1.29, 1.82) is 0 Å². The summed E-state index contributed by atoms with van der Waals surface area (Å²) in [5.41, 5.74) is 13.3. The lowest BCUT2D eigenvalue weighted by Crippen LogP contribution is -2.39. The Balaban J connectivity index is 1.85. The quantitative estimate of drug-likeness (QED) is 0.636. The third-order valence-corrected chi connectivity index (χ3v) is 4.53.